The minimum Gasteiger partial charge on any atom is -0.435 e. The number of nitrogens with one attached hydrogen (secondary N) is 1. The molecule has 1 N–H and O–H groups in total. The van der Waals surface area contributed by atoms with E-state index < -0.39 is 18.4 Å². The normalized spacial score (nSPS) is 25.3. The molecule has 0 aliphatic carbocycles. The highest BCUT2D eigenvalue weighted by molar-refractivity contribution is 7.18. The first kappa shape index (κ1) is 17.3. The van der Waals surface area contributed by atoms with Crippen LogP contribution in [0.3, 0.4) is 0 Å². The summed E-state index contributed by atoms with van der Waals surface area (Å²) in [5.41, 5.74) is 0.939. The quantitative estimate of drug-likeness (QED) is 0.826. The molecule has 0 saturated carbocycles. The minimum absolute atomic E-state index is 0.142. The van der Waals surface area contributed by atoms with Gasteiger partial charge in [0.1, 0.15) is 10.0 Å². The highest BCUT2D eigenvalue weighted by Gasteiger charge is 2.51. The standard InChI is InChI=1S/C17H16F3N3O2S/c18-17(19,20)16(24)25-15-12-7-21-6-11(12)9-23(15)13-8-22-14(26-13)10-4-2-1-3-5-10/h1-5,8,11-12,15,21H,6-7,9H2. The second-order valence-corrected chi connectivity index (χ2v) is 7.41. The van der Waals surface area contributed by atoms with Crippen molar-refractivity contribution in [2.24, 2.45) is 11.8 Å². The molecule has 3 unspecified atom stereocenters. The lowest BCUT2D eigenvalue weighted by Gasteiger charge is -2.27. The average Bonchev–Trinajstić information content (AvgIpc) is 3.31. The summed E-state index contributed by atoms with van der Waals surface area (Å²) in [5, 5.41) is 4.64. The molecule has 2 aliphatic heterocycles. The Morgan fingerprint density at radius 3 is 2.77 bits per heavy atom. The van der Waals surface area contributed by atoms with Gasteiger partial charge < -0.3 is 15.0 Å². The van der Waals surface area contributed by atoms with Gasteiger partial charge in [-0.15, -0.1) is 0 Å². The Kier molecular flexibility index (Phi) is 4.36. The predicted octanol–water partition coefficient (Wildman–Crippen LogP) is 2.90. The monoisotopic (exact) mass is 383 g/mol. The summed E-state index contributed by atoms with van der Waals surface area (Å²) >= 11 is 1.38. The van der Waals surface area contributed by atoms with E-state index in [9.17, 15) is 18.0 Å². The number of hydrogen-bond donors (Lipinski definition) is 1. The highest BCUT2D eigenvalue weighted by Crippen LogP contribution is 2.41. The van der Waals surface area contributed by atoms with Gasteiger partial charge in [0.25, 0.3) is 0 Å². The zero-order valence-electron chi connectivity index (χ0n) is 13.6. The Labute approximate surface area is 151 Å². The minimum atomic E-state index is -5.00. The van der Waals surface area contributed by atoms with E-state index in [0.29, 0.717) is 24.6 Å². The van der Waals surface area contributed by atoms with Gasteiger partial charge in [-0.25, -0.2) is 9.78 Å². The third-order valence-corrected chi connectivity index (χ3v) is 5.84. The molecule has 0 bridgehead atoms. The lowest BCUT2D eigenvalue weighted by molar-refractivity contribution is -0.206. The molecule has 26 heavy (non-hydrogen) atoms. The summed E-state index contributed by atoms with van der Waals surface area (Å²) in [6.45, 7) is 1.76. The average molecular weight is 383 g/mol. The predicted molar refractivity (Wildman–Crippen MR) is 90.7 cm³/mol. The maximum absolute atomic E-state index is 12.7. The van der Waals surface area contributed by atoms with Gasteiger partial charge in [-0.05, 0) is 5.92 Å². The molecule has 3 atom stereocenters. The number of anilines is 1. The summed E-state index contributed by atoms with van der Waals surface area (Å²) in [6, 6.07) is 9.55. The molecule has 2 saturated heterocycles. The van der Waals surface area contributed by atoms with Crippen LogP contribution in [-0.4, -0.2) is 43.0 Å². The number of ether oxygens (including phenoxy) is 1. The van der Waals surface area contributed by atoms with Crippen molar-refractivity contribution < 1.29 is 22.7 Å². The molecular weight excluding hydrogens is 367 g/mol. The number of fused-ring (bicyclic) bond motifs is 1. The van der Waals surface area contributed by atoms with E-state index in [1.54, 1.807) is 11.1 Å². The van der Waals surface area contributed by atoms with Gasteiger partial charge in [-0.1, -0.05) is 41.7 Å². The van der Waals surface area contributed by atoms with Crippen LogP contribution in [0.4, 0.5) is 18.2 Å². The van der Waals surface area contributed by atoms with Crippen molar-refractivity contribution in [1.82, 2.24) is 10.3 Å². The van der Waals surface area contributed by atoms with Crippen LogP contribution in [0.25, 0.3) is 10.6 Å². The molecule has 4 rings (SSSR count). The fraction of sp³-hybridized carbons (Fsp3) is 0.412. The maximum Gasteiger partial charge on any atom is 0.491 e. The number of thiazole rings is 1. The van der Waals surface area contributed by atoms with Crippen LogP contribution in [0.5, 0.6) is 0 Å². The van der Waals surface area contributed by atoms with Crippen LogP contribution >= 0.6 is 11.3 Å². The Hall–Kier alpha value is -2.13. The van der Waals surface area contributed by atoms with Crippen molar-refractivity contribution in [2.75, 3.05) is 24.5 Å². The number of hydrogen-bond acceptors (Lipinski definition) is 6. The topological polar surface area (TPSA) is 54.5 Å². The number of nitrogens with zero attached hydrogens (tertiary/aromatic N) is 2. The number of esters is 1. The number of carbonyl (C=O) groups is 1. The molecule has 0 radical (unpaired) electrons. The third kappa shape index (κ3) is 3.16. The molecule has 1 aromatic carbocycles. The van der Waals surface area contributed by atoms with Gasteiger partial charge in [-0.2, -0.15) is 13.2 Å². The zero-order chi connectivity index (χ0) is 18.3. The molecule has 1 aromatic heterocycles. The van der Waals surface area contributed by atoms with Crippen LogP contribution in [0, 0.1) is 11.8 Å². The number of halogens is 3. The Bertz CT molecular complexity index is 796. The van der Waals surface area contributed by atoms with Gasteiger partial charge in [0, 0.05) is 31.1 Å². The maximum atomic E-state index is 12.7. The van der Waals surface area contributed by atoms with Gasteiger partial charge in [0.15, 0.2) is 6.23 Å². The van der Waals surface area contributed by atoms with Crippen LogP contribution in [-0.2, 0) is 9.53 Å². The molecule has 2 fully saturated rings. The van der Waals surface area contributed by atoms with Crippen molar-refractivity contribution in [3.8, 4) is 10.6 Å². The van der Waals surface area contributed by atoms with Crippen LogP contribution in [0.1, 0.15) is 0 Å². The largest absolute Gasteiger partial charge is 0.491 e. The fourth-order valence-electron chi connectivity index (χ4n) is 3.53. The molecule has 2 aromatic rings. The van der Waals surface area contributed by atoms with E-state index >= 15 is 0 Å². The Balaban J connectivity index is 1.60. The van der Waals surface area contributed by atoms with Crippen molar-refractivity contribution in [1.29, 1.82) is 0 Å². The summed E-state index contributed by atoms with van der Waals surface area (Å²) in [7, 11) is 0. The summed E-state index contributed by atoms with van der Waals surface area (Å²) in [4.78, 5) is 17.5. The van der Waals surface area contributed by atoms with Crippen molar-refractivity contribution in [3.05, 3.63) is 36.5 Å². The molecule has 9 heteroatoms. The first-order chi connectivity index (χ1) is 12.4. The molecule has 5 nitrogen and oxygen atoms in total. The SMILES string of the molecule is O=C(OC1C2CNCC2CN1c1cnc(-c2ccccc2)s1)C(F)(F)F. The summed E-state index contributed by atoms with van der Waals surface area (Å²) in [5.74, 6) is -2.17. The number of aromatic nitrogens is 1. The molecule has 2 aliphatic rings. The summed E-state index contributed by atoms with van der Waals surface area (Å²) in [6.07, 6.45) is -4.30. The highest BCUT2D eigenvalue weighted by atomic mass is 32.1. The van der Waals surface area contributed by atoms with Crippen LogP contribution in [0.2, 0.25) is 0 Å². The first-order valence-electron chi connectivity index (χ1n) is 8.20. The van der Waals surface area contributed by atoms with E-state index in [-0.39, 0.29) is 11.8 Å². The second kappa shape index (κ2) is 6.55. The van der Waals surface area contributed by atoms with Crippen molar-refractivity contribution in [3.63, 3.8) is 0 Å². The van der Waals surface area contributed by atoms with E-state index in [1.807, 2.05) is 30.3 Å². The zero-order valence-corrected chi connectivity index (χ0v) is 14.4. The Morgan fingerprint density at radius 2 is 2.04 bits per heavy atom. The van der Waals surface area contributed by atoms with E-state index in [2.05, 4.69) is 10.3 Å². The number of alkyl halides is 3. The number of rotatable bonds is 3. The number of benzene rings is 1. The van der Waals surface area contributed by atoms with Crippen LogP contribution < -0.4 is 10.2 Å². The van der Waals surface area contributed by atoms with Crippen molar-refractivity contribution in [2.45, 2.75) is 12.4 Å². The van der Waals surface area contributed by atoms with Gasteiger partial charge in [0.2, 0.25) is 0 Å². The van der Waals surface area contributed by atoms with Gasteiger partial charge in [0.05, 0.1) is 6.20 Å². The van der Waals surface area contributed by atoms with Gasteiger partial charge >= 0.3 is 12.1 Å². The van der Waals surface area contributed by atoms with Gasteiger partial charge in [-0.3, -0.25) is 0 Å². The van der Waals surface area contributed by atoms with E-state index in [1.165, 1.54) is 11.3 Å². The Morgan fingerprint density at radius 1 is 1.27 bits per heavy atom. The molecule has 0 spiro atoms. The smallest absolute Gasteiger partial charge is 0.435 e. The summed E-state index contributed by atoms with van der Waals surface area (Å²) < 4.78 is 42.9. The van der Waals surface area contributed by atoms with E-state index in [0.717, 1.165) is 10.6 Å². The number of carbonyl (C=O) groups excluding carboxylic acids is 1. The second-order valence-electron chi connectivity index (χ2n) is 6.40. The molecule has 3 heterocycles. The molecular formula is C17H16F3N3O2S. The molecule has 138 valence electrons. The van der Waals surface area contributed by atoms with Crippen LogP contribution in [0.15, 0.2) is 36.5 Å². The van der Waals surface area contributed by atoms with Crippen molar-refractivity contribution >= 4 is 22.3 Å². The third-order valence-electron chi connectivity index (χ3n) is 4.75. The van der Waals surface area contributed by atoms with E-state index in [4.69, 9.17) is 4.74 Å². The molecule has 0 amide bonds. The lowest BCUT2D eigenvalue weighted by atomic mass is 9.99. The lowest BCUT2D eigenvalue weighted by Crippen LogP contribution is -2.42. The fourth-order valence-corrected chi connectivity index (χ4v) is 4.49. The first-order valence-corrected chi connectivity index (χ1v) is 9.01.